The molecule has 0 radical (unpaired) electrons. The van der Waals surface area contributed by atoms with Gasteiger partial charge >= 0.3 is 0 Å². The maximum absolute atomic E-state index is 12.6. The predicted molar refractivity (Wildman–Crippen MR) is 112 cm³/mol. The fourth-order valence-corrected chi connectivity index (χ4v) is 7.97. The number of carbonyl (C=O) groups excluding carboxylic acids is 1. The SMILES string of the molecule is C[C@]12C[C@H](Nc3ccccc3)[C@@H](O)C[C@@H]1CC[C@@H]1[C@@H]2CC[C@]2(C)C(=O)CC[C@@H]12. The summed E-state index contributed by atoms with van der Waals surface area (Å²) in [6.45, 7) is 4.78. The molecule has 4 fully saturated rings. The Kier molecular flexibility index (Phi) is 4.39. The molecule has 3 nitrogen and oxygen atoms in total. The van der Waals surface area contributed by atoms with Crippen molar-refractivity contribution in [2.45, 2.75) is 77.4 Å². The normalized spacial score (nSPS) is 47.8. The number of anilines is 1. The molecule has 0 heterocycles. The van der Waals surface area contributed by atoms with Gasteiger partial charge in [-0.2, -0.15) is 0 Å². The van der Waals surface area contributed by atoms with Gasteiger partial charge in [0.25, 0.3) is 0 Å². The van der Waals surface area contributed by atoms with E-state index in [1.165, 1.54) is 19.3 Å². The summed E-state index contributed by atoms with van der Waals surface area (Å²) in [7, 11) is 0. The van der Waals surface area contributed by atoms with Crippen molar-refractivity contribution in [2.24, 2.45) is 34.5 Å². The van der Waals surface area contributed by atoms with Crippen molar-refractivity contribution in [3.8, 4) is 0 Å². The minimum atomic E-state index is -0.267. The number of carbonyl (C=O) groups is 1. The first-order valence-corrected chi connectivity index (χ1v) is 11.4. The van der Waals surface area contributed by atoms with Crippen LogP contribution in [-0.2, 0) is 4.79 Å². The Bertz CT molecular complexity index is 748. The van der Waals surface area contributed by atoms with Crippen LogP contribution in [0.15, 0.2) is 30.3 Å². The summed E-state index contributed by atoms with van der Waals surface area (Å²) in [6, 6.07) is 10.5. The standard InChI is InChI=1S/C25H35NO2/c1-24-13-12-20-18(19(24)10-11-23(24)28)9-8-16-14-22(27)21(15-25(16,20)2)26-17-6-4-3-5-7-17/h3-7,16,18-22,26-27H,8-15H2,1-2H3/t16-,18-,19-,20-,21-,22-,24-,25-/m0/s1. The smallest absolute Gasteiger partial charge is 0.139 e. The zero-order valence-corrected chi connectivity index (χ0v) is 17.4. The van der Waals surface area contributed by atoms with E-state index in [0.29, 0.717) is 29.5 Å². The Balaban J connectivity index is 1.40. The van der Waals surface area contributed by atoms with Gasteiger partial charge < -0.3 is 10.4 Å². The lowest BCUT2D eigenvalue weighted by molar-refractivity contribution is -0.143. The number of rotatable bonds is 2. The molecule has 4 aliphatic carbocycles. The van der Waals surface area contributed by atoms with Crippen LogP contribution in [-0.4, -0.2) is 23.0 Å². The topological polar surface area (TPSA) is 49.3 Å². The van der Waals surface area contributed by atoms with Crippen LogP contribution in [0.3, 0.4) is 0 Å². The van der Waals surface area contributed by atoms with Gasteiger partial charge in [0.2, 0.25) is 0 Å². The Labute approximate surface area is 169 Å². The molecule has 152 valence electrons. The number of fused-ring (bicyclic) bond motifs is 5. The van der Waals surface area contributed by atoms with E-state index >= 15 is 0 Å². The summed E-state index contributed by atoms with van der Waals surface area (Å²) in [6.07, 6.45) is 8.40. The molecule has 1 aromatic carbocycles. The van der Waals surface area contributed by atoms with Crippen LogP contribution in [0.1, 0.15) is 65.2 Å². The van der Waals surface area contributed by atoms with Crippen LogP contribution < -0.4 is 5.32 Å². The first-order valence-electron chi connectivity index (χ1n) is 11.4. The second kappa shape index (κ2) is 6.58. The van der Waals surface area contributed by atoms with E-state index in [0.717, 1.165) is 37.8 Å². The molecule has 0 aliphatic heterocycles. The third-order valence-electron chi connectivity index (χ3n) is 9.55. The molecule has 4 aliphatic rings. The van der Waals surface area contributed by atoms with E-state index in [2.05, 4.69) is 43.4 Å². The van der Waals surface area contributed by atoms with Crippen molar-refractivity contribution in [3.63, 3.8) is 0 Å². The molecular weight excluding hydrogens is 346 g/mol. The molecule has 0 amide bonds. The minimum absolute atomic E-state index is 0.0414. The summed E-state index contributed by atoms with van der Waals surface area (Å²) < 4.78 is 0. The largest absolute Gasteiger partial charge is 0.391 e. The highest BCUT2D eigenvalue weighted by Gasteiger charge is 2.61. The number of para-hydroxylation sites is 1. The molecule has 0 aromatic heterocycles. The molecule has 28 heavy (non-hydrogen) atoms. The molecular formula is C25H35NO2. The van der Waals surface area contributed by atoms with Gasteiger partial charge in [-0.25, -0.2) is 0 Å². The van der Waals surface area contributed by atoms with E-state index in [1.807, 2.05) is 6.07 Å². The second-order valence-electron chi connectivity index (χ2n) is 10.7. The maximum Gasteiger partial charge on any atom is 0.139 e. The fraction of sp³-hybridized carbons (Fsp3) is 0.720. The van der Waals surface area contributed by atoms with Crippen LogP contribution >= 0.6 is 0 Å². The molecule has 0 bridgehead atoms. The average molecular weight is 382 g/mol. The molecule has 3 heteroatoms. The number of hydrogen-bond acceptors (Lipinski definition) is 3. The molecule has 5 rings (SSSR count). The molecule has 1 aromatic rings. The van der Waals surface area contributed by atoms with E-state index in [4.69, 9.17) is 0 Å². The number of benzene rings is 1. The van der Waals surface area contributed by atoms with Gasteiger partial charge in [-0.3, -0.25) is 4.79 Å². The predicted octanol–water partition coefficient (Wildman–Crippen LogP) is 5.05. The summed E-state index contributed by atoms with van der Waals surface area (Å²) in [5.41, 5.74) is 1.35. The van der Waals surface area contributed by atoms with Gasteiger partial charge in [0.05, 0.1) is 12.1 Å². The van der Waals surface area contributed by atoms with E-state index in [1.54, 1.807) is 0 Å². The zero-order valence-electron chi connectivity index (χ0n) is 17.4. The van der Waals surface area contributed by atoms with Crippen molar-refractivity contribution in [3.05, 3.63) is 30.3 Å². The van der Waals surface area contributed by atoms with Crippen LogP contribution in [0.5, 0.6) is 0 Å². The summed E-state index contributed by atoms with van der Waals surface area (Å²) in [5, 5.41) is 14.5. The minimum Gasteiger partial charge on any atom is -0.391 e. The Morgan fingerprint density at radius 1 is 1.04 bits per heavy atom. The maximum atomic E-state index is 12.6. The van der Waals surface area contributed by atoms with E-state index in [9.17, 15) is 9.90 Å². The molecule has 8 atom stereocenters. The summed E-state index contributed by atoms with van der Waals surface area (Å²) in [5.74, 6) is 3.18. The van der Waals surface area contributed by atoms with Crippen LogP contribution in [0, 0.1) is 34.5 Å². The van der Waals surface area contributed by atoms with Crippen molar-refractivity contribution < 1.29 is 9.90 Å². The Hall–Kier alpha value is -1.35. The first-order chi connectivity index (χ1) is 13.4. The van der Waals surface area contributed by atoms with Gasteiger partial charge in [-0.05, 0) is 86.2 Å². The molecule has 0 saturated heterocycles. The monoisotopic (exact) mass is 381 g/mol. The number of ketones is 1. The Morgan fingerprint density at radius 3 is 2.61 bits per heavy atom. The third-order valence-corrected chi connectivity index (χ3v) is 9.55. The summed E-state index contributed by atoms with van der Waals surface area (Å²) in [4.78, 5) is 12.6. The number of hydrogen-bond donors (Lipinski definition) is 2. The summed E-state index contributed by atoms with van der Waals surface area (Å²) >= 11 is 0. The van der Waals surface area contributed by atoms with Crippen molar-refractivity contribution in [1.82, 2.24) is 0 Å². The lowest BCUT2D eigenvalue weighted by Crippen LogP contribution is -2.57. The van der Waals surface area contributed by atoms with Crippen molar-refractivity contribution in [2.75, 3.05) is 5.32 Å². The second-order valence-corrected chi connectivity index (χ2v) is 10.7. The van der Waals surface area contributed by atoms with Crippen LogP contribution in [0.25, 0.3) is 0 Å². The first kappa shape index (κ1) is 18.7. The fourth-order valence-electron chi connectivity index (χ4n) is 7.97. The highest BCUT2D eigenvalue weighted by Crippen LogP contribution is 2.65. The number of nitrogens with one attached hydrogen (secondary N) is 1. The van der Waals surface area contributed by atoms with E-state index in [-0.39, 0.29) is 23.0 Å². The highest BCUT2D eigenvalue weighted by molar-refractivity contribution is 5.87. The molecule has 2 N–H and O–H groups in total. The highest BCUT2D eigenvalue weighted by atomic mass is 16.3. The van der Waals surface area contributed by atoms with Gasteiger partial charge in [0.15, 0.2) is 0 Å². The van der Waals surface area contributed by atoms with Gasteiger partial charge in [-0.15, -0.1) is 0 Å². The molecule has 0 spiro atoms. The van der Waals surface area contributed by atoms with Crippen LogP contribution in [0.4, 0.5) is 5.69 Å². The van der Waals surface area contributed by atoms with Gasteiger partial charge in [0.1, 0.15) is 5.78 Å². The lowest BCUT2D eigenvalue weighted by Gasteiger charge is -2.61. The lowest BCUT2D eigenvalue weighted by atomic mass is 9.44. The van der Waals surface area contributed by atoms with Crippen LogP contribution in [0.2, 0.25) is 0 Å². The third kappa shape index (κ3) is 2.69. The average Bonchev–Trinajstić information content (AvgIpc) is 2.99. The van der Waals surface area contributed by atoms with Crippen molar-refractivity contribution in [1.29, 1.82) is 0 Å². The molecule has 0 unspecified atom stereocenters. The zero-order chi connectivity index (χ0) is 19.5. The number of aliphatic hydroxyl groups excluding tert-OH is 1. The van der Waals surface area contributed by atoms with E-state index < -0.39 is 0 Å². The molecule has 4 saturated carbocycles. The number of aliphatic hydroxyl groups is 1. The van der Waals surface area contributed by atoms with Gasteiger partial charge in [0, 0.05) is 17.5 Å². The Morgan fingerprint density at radius 2 is 1.82 bits per heavy atom. The number of Topliss-reactive ketones (excluding diaryl/α,β-unsaturated/α-hetero) is 1. The quantitative estimate of drug-likeness (QED) is 0.754. The van der Waals surface area contributed by atoms with Crippen molar-refractivity contribution >= 4 is 11.5 Å². The van der Waals surface area contributed by atoms with Gasteiger partial charge in [-0.1, -0.05) is 32.0 Å².